The summed E-state index contributed by atoms with van der Waals surface area (Å²) in [4.78, 5) is 3.96. The van der Waals surface area contributed by atoms with Crippen LogP contribution in [0.1, 0.15) is 0 Å². The van der Waals surface area contributed by atoms with Crippen molar-refractivity contribution in [2.45, 2.75) is 0 Å². The van der Waals surface area contributed by atoms with Gasteiger partial charge >= 0.3 is 0 Å². The van der Waals surface area contributed by atoms with Crippen LogP contribution in [-0.2, 0) is 0 Å². The van der Waals surface area contributed by atoms with Crippen molar-refractivity contribution in [2.24, 2.45) is 5.73 Å². The van der Waals surface area contributed by atoms with Gasteiger partial charge in [-0.05, 0) is 46.3 Å². The van der Waals surface area contributed by atoms with E-state index in [-0.39, 0.29) is 5.82 Å². The number of halogens is 2. The highest BCUT2D eigenvalue weighted by Gasteiger charge is 2.04. The Balaban J connectivity index is 2.06. The predicted octanol–water partition coefficient (Wildman–Crippen LogP) is 3.06. The van der Waals surface area contributed by atoms with E-state index in [0.717, 1.165) is 11.4 Å². The molecule has 0 saturated heterocycles. The van der Waals surface area contributed by atoms with Gasteiger partial charge in [-0.25, -0.2) is 9.37 Å². The van der Waals surface area contributed by atoms with Gasteiger partial charge in [-0.15, -0.1) is 0 Å². The Labute approximate surface area is 118 Å². The molecule has 19 heavy (non-hydrogen) atoms. The summed E-state index contributed by atoms with van der Waals surface area (Å²) < 4.78 is 19.5. The van der Waals surface area contributed by atoms with Gasteiger partial charge in [0.1, 0.15) is 12.4 Å². The standard InChI is InChI=1S/C13H13BrFN3O/c14-9-7-12(15)13(17-8-9)18-10-1-3-11(4-2-10)19-6-5-16/h1-4,7-8H,5-6,16H2,(H,17,18). The highest BCUT2D eigenvalue weighted by Crippen LogP contribution is 2.22. The summed E-state index contributed by atoms with van der Waals surface area (Å²) in [5, 5.41) is 2.90. The first-order valence-electron chi connectivity index (χ1n) is 5.70. The number of pyridine rings is 1. The molecular formula is C13H13BrFN3O. The monoisotopic (exact) mass is 325 g/mol. The molecule has 0 unspecified atom stereocenters. The van der Waals surface area contributed by atoms with Gasteiger partial charge in [0.05, 0.1) is 0 Å². The fourth-order valence-corrected chi connectivity index (χ4v) is 1.76. The fourth-order valence-electron chi connectivity index (χ4n) is 1.45. The Bertz CT molecular complexity index is 548. The summed E-state index contributed by atoms with van der Waals surface area (Å²) >= 11 is 3.16. The number of hydrogen-bond donors (Lipinski definition) is 2. The van der Waals surface area contributed by atoms with Crippen LogP contribution in [0.25, 0.3) is 0 Å². The van der Waals surface area contributed by atoms with Gasteiger partial charge in [0.2, 0.25) is 0 Å². The van der Waals surface area contributed by atoms with Gasteiger partial charge in [-0.1, -0.05) is 0 Å². The molecule has 6 heteroatoms. The number of aromatic nitrogens is 1. The lowest BCUT2D eigenvalue weighted by atomic mass is 10.3. The van der Waals surface area contributed by atoms with Crippen molar-refractivity contribution in [3.8, 4) is 5.75 Å². The molecule has 100 valence electrons. The Kier molecular flexibility index (Phi) is 4.70. The Hall–Kier alpha value is -1.66. The summed E-state index contributed by atoms with van der Waals surface area (Å²) in [6.07, 6.45) is 1.53. The first kappa shape index (κ1) is 13.8. The van der Waals surface area contributed by atoms with Crippen molar-refractivity contribution in [1.29, 1.82) is 0 Å². The first-order valence-corrected chi connectivity index (χ1v) is 6.49. The van der Waals surface area contributed by atoms with Crippen LogP contribution in [0.2, 0.25) is 0 Å². The van der Waals surface area contributed by atoms with E-state index in [9.17, 15) is 4.39 Å². The number of ether oxygens (including phenoxy) is 1. The van der Waals surface area contributed by atoms with Gasteiger partial charge in [-0.2, -0.15) is 0 Å². The fraction of sp³-hybridized carbons (Fsp3) is 0.154. The first-order chi connectivity index (χ1) is 9.19. The molecule has 0 spiro atoms. The average molecular weight is 326 g/mol. The van der Waals surface area contributed by atoms with E-state index in [0.29, 0.717) is 17.6 Å². The minimum absolute atomic E-state index is 0.179. The van der Waals surface area contributed by atoms with Crippen LogP contribution in [0.15, 0.2) is 41.0 Å². The normalized spacial score (nSPS) is 10.3. The maximum absolute atomic E-state index is 13.6. The van der Waals surface area contributed by atoms with Crippen molar-refractivity contribution in [2.75, 3.05) is 18.5 Å². The third-order valence-electron chi connectivity index (χ3n) is 2.31. The second kappa shape index (κ2) is 6.49. The Morgan fingerprint density at radius 3 is 2.68 bits per heavy atom. The lowest BCUT2D eigenvalue weighted by Gasteiger charge is -2.08. The van der Waals surface area contributed by atoms with E-state index in [1.165, 1.54) is 12.3 Å². The van der Waals surface area contributed by atoms with E-state index < -0.39 is 5.82 Å². The van der Waals surface area contributed by atoms with E-state index in [1.807, 2.05) is 0 Å². The molecule has 0 atom stereocenters. The predicted molar refractivity (Wildman–Crippen MR) is 76.2 cm³/mol. The number of anilines is 2. The molecule has 0 amide bonds. The zero-order chi connectivity index (χ0) is 13.7. The van der Waals surface area contributed by atoms with Crippen LogP contribution in [0.3, 0.4) is 0 Å². The molecule has 1 aromatic heterocycles. The summed E-state index contributed by atoms with van der Waals surface area (Å²) in [6.45, 7) is 0.934. The van der Waals surface area contributed by atoms with Crippen LogP contribution >= 0.6 is 15.9 Å². The topological polar surface area (TPSA) is 60.2 Å². The van der Waals surface area contributed by atoms with Crippen LogP contribution in [-0.4, -0.2) is 18.1 Å². The van der Waals surface area contributed by atoms with Crippen LogP contribution < -0.4 is 15.8 Å². The second-order valence-corrected chi connectivity index (χ2v) is 4.69. The number of nitrogens with zero attached hydrogens (tertiary/aromatic N) is 1. The van der Waals surface area contributed by atoms with Crippen LogP contribution in [0.5, 0.6) is 5.75 Å². The minimum atomic E-state index is -0.419. The Morgan fingerprint density at radius 1 is 1.32 bits per heavy atom. The summed E-state index contributed by atoms with van der Waals surface area (Å²) in [5.41, 5.74) is 6.08. The van der Waals surface area contributed by atoms with Gasteiger partial charge < -0.3 is 15.8 Å². The van der Waals surface area contributed by atoms with E-state index in [4.69, 9.17) is 10.5 Å². The number of nitrogens with two attached hydrogens (primary N) is 1. The van der Waals surface area contributed by atoms with Crippen molar-refractivity contribution in [1.82, 2.24) is 4.98 Å². The summed E-state index contributed by atoms with van der Waals surface area (Å²) in [6, 6.07) is 8.50. The number of rotatable bonds is 5. The lowest BCUT2D eigenvalue weighted by molar-refractivity contribution is 0.328. The molecule has 0 saturated carbocycles. The van der Waals surface area contributed by atoms with E-state index in [2.05, 4.69) is 26.2 Å². The van der Waals surface area contributed by atoms with Crippen LogP contribution in [0, 0.1) is 5.82 Å². The third-order valence-corrected chi connectivity index (χ3v) is 2.75. The molecule has 1 heterocycles. The van der Waals surface area contributed by atoms with Crippen molar-refractivity contribution in [3.63, 3.8) is 0 Å². The molecule has 3 N–H and O–H groups in total. The molecule has 0 aliphatic carbocycles. The van der Waals surface area contributed by atoms with E-state index in [1.54, 1.807) is 24.3 Å². The lowest BCUT2D eigenvalue weighted by Crippen LogP contribution is -2.10. The SMILES string of the molecule is NCCOc1ccc(Nc2ncc(Br)cc2F)cc1. The molecule has 0 aliphatic heterocycles. The van der Waals surface area contributed by atoms with Crippen molar-refractivity contribution >= 4 is 27.4 Å². The molecule has 4 nitrogen and oxygen atoms in total. The zero-order valence-electron chi connectivity index (χ0n) is 10.1. The average Bonchev–Trinajstić information content (AvgIpc) is 2.41. The van der Waals surface area contributed by atoms with Gasteiger partial charge in [0, 0.05) is 22.9 Å². The molecular weight excluding hydrogens is 313 g/mol. The third kappa shape index (κ3) is 3.90. The Morgan fingerprint density at radius 2 is 2.05 bits per heavy atom. The molecule has 1 aromatic carbocycles. The molecule has 2 aromatic rings. The molecule has 0 bridgehead atoms. The zero-order valence-corrected chi connectivity index (χ0v) is 11.7. The largest absolute Gasteiger partial charge is 0.492 e. The quantitative estimate of drug-likeness (QED) is 0.887. The maximum atomic E-state index is 13.6. The molecule has 2 rings (SSSR count). The van der Waals surface area contributed by atoms with Crippen molar-refractivity contribution < 1.29 is 9.13 Å². The highest BCUT2D eigenvalue weighted by molar-refractivity contribution is 9.10. The van der Waals surface area contributed by atoms with E-state index >= 15 is 0 Å². The number of hydrogen-bond acceptors (Lipinski definition) is 4. The minimum Gasteiger partial charge on any atom is -0.492 e. The second-order valence-electron chi connectivity index (χ2n) is 3.77. The summed E-state index contributed by atoms with van der Waals surface area (Å²) in [7, 11) is 0. The van der Waals surface area contributed by atoms with Gasteiger partial charge in [0.15, 0.2) is 11.6 Å². The van der Waals surface area contributed by atoms with Gasteiger partial charge in [-0.3, -0.25) is 0 Å². The van der Waals surface area contributed by atoms with Gasteiger partial charge in [0.25, 0.3) is 0 Å². The number of benzene rings is 1. The molecule has 0 fully saturated rings. The van der Waals surface area contributed by atoms with Crippen molar-refractivity contribution in [3.05, 3.63) is 46.8 Å². The van der Waals surface area contributed by atoms with Crippen LogP contribution in [0.4, 0.5) is 15.9 Å². The highest BCUT2D eigenvalue weighted by atomic mass is 79.9. The number of nitrogens with one attached hydrogen (secondary N) is 1. The molecule has 0 aliphatic rings. The summed E-state index contributed by atoms with van der Waals surface area (Å²) in [5.74, 6) is 0.483. The molecule has 0 radical (unpaired) electrons. The maximum Gasteiger partial charge on any atom is 0.166 e. The smallest absolute Gasteiger partial charge is 0.166 e.